The van der Waals surface area contributed by atoms with Crippen molar-refractivity contribution in [3.63, 3.8) is 0 Å². The molecule has 0 aliphatic rings. The van der Waals surface area contributed by atoms with Crippen molar-refractivity contribution in [2.45, 2.75) is 12.8 Å². The van der Waals surface area contributed by atoms with Gasteiger partial charge in [0.1, 0.15) is 5.75 Å². The molecular weight excluding hydrogens is 210 g/mol. The molecule has 0 radical (unpaired) electrons. The zero-order chi connectivity index (χ0) is 12.0. The first-order valence-corrected chi connectivity index (χ1v) is 4.84. The minimum Gasteiger partial charge on any atom is -0.494 e. The molecule has 0 unspecified atom stereocenters. The van der Waals surface area contributed by atoms with Crippen molar-refractivity contribution in [2.24, 2.45) is 5.73 Å². The second kappa shape index (κ2) is 5.75. The van der Waals surface area contributed by atoms with E-state index in [4.69, 9.17) is 15.6 Å². The van der Waals surface area contributed by atoms with Crippen LogP contribution in [0, 0.1) is 0 Å². The predicted molar refractivity (Wildman–Crippen MR) is 57.3 cm³/mol. The van der Waals surface area contributed by atoms with Gasteiger partial charge in [-0.3, -0.25) is 4.79 Å². The van der Waals surface area contributed by atoms with Crippen LogP contribution in [0.4, 0.5) is 0 Å². The second-order valence-corrected chi connectivity index (χ2v) is 3.25. The summed E-state index contributed by atoms with van der Waals surface area (Å²) in [6, 6.07) is 6.08. The quantitative estimate of drug-likeness (QED) is 0.705. The molecule has 0 saturated heterocycles. The summed E-state index contributed by atoms with van der Waals surface area (Å²) in [6.07, 6.45) is 0.837. The molecule has 5 nitrogen and oxygen atoms in total. The van der Waals surface area contributed by atoms with E-state index < -0.39 is 5.97 Å². The monoisotopic (exact) mass is 223 g/mol. The maximum Gasteiger partial charge on any atom is 0.335 e. The molecular formula is C11H13NO4. The fourth-order valence-corrected chi connectivity index (χ4v) is 1.13. The first-order chi connectivity index (χ1) is 7.59. The lowest BCUT2D eigenvalue weighted by molar-refractivity contribution is -0.118. The van der Waals surface area contributed by atoms with Gasteiger partial charge in [-0.25, -0.2) is 4.79 Å². The van der Waals surface area contributed by atoms with Crippen molar-refractivity contribution in [2.75, 3.05) is 6.61 Å². The van der Waals surface area contributed by atoms with Gasteiger partial charge in [0.2, 0.25) is 5.91 Å². The third-order valence-corrected chi connectivity index (χ3v) is 1.94. The van der Waals surface area contributed by atoms with Crippen LogP contribution in [0.15, 0.2) is 24.3 Å². The zero-order valence-corrected chi connectivity index (χ0v) is 8.68. The number of aromatic carboxylic acids is 1. The maximum absolute atomic E-state index is 10.6. The van der Waals surface area contributed by atoms with E-state index in [0.29, 0.717) is 18.8 Å². The third-order valence-electron chi connectivity index (χ3n) is 1.94. The van der Waals surface area contributed by atoms with Crippen molar-refractivity contribution in [1.82, 2.24) is 0 Å². The molecule has 0 atom stereocenters. The van der Waals surface area contributed by atoms with Crippen LogP contribution in [0.3, 0.4) is 0 Å². The normalized spacial score (nSPS) is 9.75. The number of ether oxygens (including phenoxy) is 1. The molecule has 1 aromatic carbocycles. The van der Waals surface area contributed by atoms with Gasteiger partial charge in [-0.2, -0.15) is 0 Å². The summed E-state index contributed by atoms with van der Waals surface area (Å²) in [6.45, 7) is 0.384. The number of benzene rings is 1. The van der Waals surface area contributed by atoms with E-state index >= 15 is 0 Å². The summed E-state index contributed by atoms with van der Waals surface area (Å²) in [7, 11) is 0. The fraction of sp³-hybridized carbons (Fsp3) is 0.273. The molecule has 0 saturated carbocycles. The molecule has 1 aromatic rings. The minimum atomic E-state index is -0.972. The molecule has 86 valence electrons. The van der Waals surface area contributed by atoms with Crippen LogP contribution in [-0.2, 0) is 4.79 Å². The third kappa shape index (κ3) is 4.00. The van der Waals surface area contributed by atoms with Gasteiger partial charge in [-0.1, -0.05) is 0 Å². The Kier molecular flexibility index (Phi) is 4.32. The van der Waals surface area contributed by atoms with Crippen LogP contribution in [0.5, 0.6) is 5.75 Å². The molecule has 0 aliphatic heterocycles. The number of carboxylic acid groups (broad SMARTS) is 1. The summed E-state index contributed by atoms with van der Waals surface area (Å²) < 4.78 is 5.29. The largest absolute Gasteiger partial charge is 0.494 e. The van der Waals surface area contributed by atoms with Crippen LogP contribution in [0.25, 0.3) is 0 Å². The lowest BCUT2D eigenvalue weighted by atomic mass is 10.2. The molecule has 0 aromatic heterocycles. The van der Waals surface area contributed by atoms with Crippen molar-refractivity contribution in [1.29, 1.82) is 0 Å². The van der Waals surface area contributed by atoms with Gasteiger partial charge in [0.25, 0.3) is 0 Å². The van der Waals surface area contributed by atoms with Gasteiger partial charge in [0, 0.05) is 6.42 Å². The van der Waals surface area contributed by atoms with Crippen LogP contribution in [0.1, 0.15) is 23.2 Å². The first kappa shape index (κ1) is 12.0. The molecule has 0 spiro atoms. The van der Waals surface area contributed by atoms with Gasteiger partial charge in [-0.05, 0) is 30.7 Å². The Morgan fingerprint density at radius 1 is 1.25 bits per heavy atom. The number of primary amides is 1. The van der Waals surface area contributed by atoms with E-state index in [0.717, 1.165) is 0 Å². The van der Waals surface area contributed by atoms with Crippen LogP contribution >= 0.6 is 0 Å². The highest BCUT2D eigenvalue weighted by molar-refractivity contribution is 5.87. The Labute approximate surface area is 92.8 Å². The highest BCUT2D eigenvalue weighted by Crippen LogP contribution is 2.12. The Morgan fingerprint density at radius 3 is 2.38 bits per heavy atom. The minimum absolute atomic E-state index is 0.212. The molecule has 0 heterocycles. The standard InChI is InChI=1S/C11H13NO4/c12-10(13)2-1-7-16-9-5-3-8(4-6-9)11(14)15/h3-6H,1-2,7H2,(H2,12,13)(H,14,15). The number of carboxylic acids is 1. The van der Waals surface area contributed by atoms with Gasteiger partial charge in [0.05, 0.1) is 12.2 Å². The highest BCUT2D eigenvalue weighted by Gasteiger charge is 2.02. The van der Waals surface area contributed by atoms with Crippen LogP contribution in [-0.4, -0.2) is 23.6 Å². The number of nitrogens with two attached hydrogens (primary N) is 1. The second-order valence-electron chi connectivity index (χ2n) is 3.25. The van der Waals surface area contributed by atoms with Gasteiger partial charge >= 0.3 is 5.97 Å². The number of amides is 1. The Bertz CT molecular complexity index is 372. The molecule has 0 fully saturated rings. The summed E-state index contributed by atoms with van der Waals surface area (Å²) in [5.41, 5.74) is 5.18. The molecule has 1 amide bonds. The van der Waals surface area contributed by atoms with Crippen molar-refractivity contribution < 1.29 is 19.4 Å². The smallest absolute Gasteiger partial charge is 0.335 e. The summed E-state index contributed by atoms with van der Waals surface area (Å²) in [5, 5.41) is 8.66. The average Bonchev–Trinajstić information content (AvgIpc) is 2.25. The molecule has 0 aliphatic carbocycles. The summed E-state index contributed by atoms with van der Waals surface area (Å²) >= 11 is 0. The topological polar surface area (TPSA) is 89.6 Å². The SMILES string of the molecule is NC(=O)CCCOc1ccc(C(=O)O)cc1. The number of hydrogen-bond donors (Lipinski definition) is 2. The lowest BCUT2D eigenvalue weighted by Gasteiger charge is -2.05. The average molecular weight is 223 g/mol. The molecule has 3 N–H and O–H groups in total. The summed E-state index contributed by atoms with van der Waals surface area (Å²) in [4.78, 5) is 21.0. The van der Waals surface area contributed by atoms with E-state index in [1.54, 1.807) is 12.1 Å². The summed E-state index contributed by atoms with van der Waals surface area (Å²) in [5.74, 6) is -0.750. The number of rotatable bonds is 6. The van der Waals surface area contributed by atoms with E-state index in [-0.39, 0.29) is 17.9 Å². The zero-order valence-electron chi connectivity index (χ0n) is 8.68. The van der Waals surface area contributed by atoms with E-state index in [2.05, 4.69) is 0 Å². The van der Waals surface area contributed by atoms with Crippen LogP contribution in [0.2, 0.25) is 0 Å². The molecule has 16 heavy (non-hydrogen) atoms. The predicted octanol–water partition coefficient (Wildman–Crippen LogP) is 1.03. The van der Waals surface area contributed by atoms with Crippen LogP contribution < -0.4 is 10.5 Å². The fourth-order valence-electron chi connectivity index (χ4n) is 1.13. The van der Waals surface area contributed by atoms with E-state index in [9.17, 15) is 9.59 Å². The number of carbonyl (C=O) groups excluding carboxylic acids is 1. The van der Waals surface area contributed by atoms with Gasteiger partial charge in [-0.15, -0.1) is 0 Å². The van der Waals surface area contributed by atoms with Crippen molar-refractivity contribution in [3.8, 4) is 5.75 Å². The van der Waals surface area contributed by atoms with Gasteiger partial charge < -0.3 is 15.6 Å². The Hall–Kier alpha value is -2.04. The Balaban J connectivity index is 2.38. The molecule has 5 heteroatoms. The lowest BCUT2D eigenvalue weighted by Crippen LogP contribution is -2.11. The number of carbonyl (C=O) groups is 2. The van der Waals surface area contributed by atoms with E-state index in [1.807, 2.05) is 0 Å². The van der Waals surface area contributed by atoms with Crippen molar-refractivity contribution in [3.05, 3.63) is 29.8 Å². The molecule has 0 bridgehead atoms. The van der Waals surface area contributed by atoms with Crippen molar-refractivity contribution >= 4 is 11.9 Å². The van der Waals surface area contributed by atoms with Gasteiger partial charge in [0.15, 0.2) is 0 Å². The van der Waals surface area contributed by atoms with E-state index in [1.165, 1.54) is 12.1 Å². The number of hydrogen-bond acceptors (Lipinski definition) is 3. The molecule has 1 rings (SSSR count). The highest BCUT2D eigenvalue weighted by atomic mass is 16.5. The first-order valence-electron chi connectivity index (χ1n) is 4.84. The Morgan fingerprint density at radius 2 is 1.88 bits per heavy atom. The maximum atomic E-state index is 10.6.